The number of benzene rings is 1. The Balaban J connectivity index is 1.96. The van der Waals surface area contributed by atoms with E-state index in [-0.39, 0.29) is 5.97 Å². The fraction of sp³-hybridized carbons (Fsp3) is 0.100. The number of esters is 1. The Morgan fingerprint density at radius 2 is 1.83 bits per heavy atom. The maximum Gasteiger partial charge on any atom is 0.337 e. The highest BCUT2D eigenvalue weighted by molar-refractivity contribution is 5.93. The Bertz CT molecular complexity index is 904. The van der Waals surface area contributed by atoms with Gasteiger partial charge in [0.1, 0.15) is 5.75 Å². The molecular formula is C20H17NO3. The molecule has 0 saturated carbocycles. The lowest BCUT2D eigenvalue weighted by molar-refractivity contribution is -0.135. The minimum absolute atomic E-state index is 0.365. The van der Waals surface area contributed by atoms with Crippen molar-refractivity contribution in [2.45, 2.75) is 0 Å². The largest absolute Gasteiger partial charge is 0.497 e. The molecule has 120 valence electrons. The number of methoxy groups -OCH3 is 2. The molecule has 0 radical (unpaired) electrons. The summed E-state index contributed by atoms with van der Waals surface area (Å²) in [5, 5.41) is 1.01. The van der Waals surface area contributed by atoms with Crippen LogP contribution >= 0.6 is 0 Å². The van der Waals surface area contributed by atoms with Crippen molar-refractivity contribution in [3.63, 3.8) is 0 Å². The van der Waals surface area contributed by atoms with E-state index >= 15 is 0 Å². The molecule has 0 spiro atoms. The molecule has 0 bridgehead atoms. The minimum Gasteiger partial charge on any atom is -0.497 e. The maximum absolute atomic E-state index is 11.7. The van der Waals surface area contributed by atoms with Crippen LogP contribution in [0.25, 0.3) is 16.5 Å². The predicted molar refractivity (Wildman–Crippen MR) is 94.7 cm³/mol. The number of carbonyl (C=O) groups is 1. The highest BCUT2D eigenvalue weighted by atomic mass is 16.5. The Labute approximate surface area is 140 Å². The molecule has 0 fully saturated rings. The highest BCUT2D eigenvalue weighted by Gasteiger charge is 2.08. The summed E-state index contributed by atoms with van der Waals surface area (Å²) in [7, 11) is 3.02. The van der Waals surface area contributed by atoms with Gasteiger partial charge in [0.15, 0.2) is 0 Å². The van der Waals surface area contributed by atoms with Gasteiger partial charge in [-0.15, -0.1) is 0 Å². The average molecular weight is 319 g/mol. The third-order valence-corrected chi connectivity index (χ3v) is 3.72. The highest BCUT2D eigenvalue weighted by Crippen LogP contribution is 2.23. The van der Waals surface area contributed by atoms with Crippen molar-refractivity contribution in [1.82, 2.24) is 4.98 Å². The Kier molecular flexibility index (Phi) is 4.57. The number of aromatic nitrogens is 1. The van der Waals surface area contributed by atoms with Crippen LogP contribution in [0.2, 0.25) is 0 Å². The molecule has 3 rings (SSSR count). The van der Waals surface area contributed by atoms with Gasteiger partial charge in [0, 0.05) is 11.0 Å². The van der Waals surface area contributed by atoms with Gasteiger partial charge in [-0.05, 0) is 36.4 Å². The molecule has 0 saturated heterocycles. The van der Waals surface area contributed by atoms with Crippen molar-refractivity contribution >= 4 is 22.4 Å². The third-order valence-electron chi connectivity index (χ3n) is 3.72. The summed E-state index contributed by atoms with van der Waals surface area (Å²) >= 11 is 0. The van der Waals surface area contributed by atoms with E-state index in [1.807, 2.05) is 54.6 Å². The van der Waals surface area contributed by atoms with Gasteiger partial charge in [0.2, 0.25) is 0 Å². The van der Waals surface area contributed by atoms with Gasteiger partial charge in [-0.3, -0.25) is 0 Å². The van der Waals surface area contributed by atoms with Gasteiger partial charge in [-0.25, -0.2) is 9.78 Å². The first kappa shape index (κ1) is 15.7. The first-order valence-electron chi connectivity index (χ1n) is 7.51. The van der Waals surface area contributed by atoms with E-state index in [1.54, 1.807) is 19.3 Å². The summed E-state index contributed by atoms with van der Waals surface area (Å²) in [4.78, 5) is 16.4. The van der Waals surface area contributed by atoms with E-state index in [0.29, 0.717) is 5.57 Å². The van der Waals surface area contributed by atoms with E-state index in [1.165, 1.54) is 7.11 Å². The lowest BCUT2D eigenvalue weighted by Crippen LogP contribution is -2.02. The van der Waals surface area contributed by atoms with Crippen LogP contribution < -0.4 is 4.74 Å². The zero-order chi connectivity index (χ0) is 16.9. The van der Waals surface area contributed by atoms with E-state index in [4.69, 9.17) is 14.5 Å². The molecule has 1 aliphatic carbocycles. The number of hydrogen-bond acceptors (Lipinski definition) is 4. The third kappa shape index (κ3) is 3.27. The van der Waals surface area contributed by atoms with Gasteiger partial charge in [0.25, 0.3) is 0 Å². The fourth-order valence-electron chi connectivity index (χ4n) is 2.43. The van der Waals surface area contributed by atoms with Crippen LogP contribution in [0.1, 0.15) is 5.69 Å². The van der Waals surface area contributed by atoms with E-state index in [9.17, 15) is 4.79 Å². The number of fused-ring (bicyclic) bond motifs is 1. The zero-order valence-corrected chi connectivity index (χ0v) is 13.5. The number of ether oxygens (including phenoxy) is 2. The molecule has 1 heterocycles. The quantitative estimate of drug-likeness (QED) is 0.806. The summed E-state index contributed by atoms with van der Waals surface area (Å²) in [6.45, 7) is 0. The average Bonchev–Trinajstić information content (AvgIpc) is 2.60. The van der Waals surface area contributed by atoms with Gasteiger partial charge in [-0.2, -0.15) is 0 Å². The normalized spacial score (nSPS) is 13.8. The molecule has 4 nitrogen and oxygen atoms in total. The number of carbonyl (C=O) groups excluding carboxylic acids is 1. The van der Waals surface area contributed by atoms with Crippen molar-refractivity contribution in [2.75, 3.05) is 14.2 Å². The molecule has 0 atom stereocenters. The van der Waals surface area contributed by atoms with E-state index in [0.717, 1.165) is 27.9 Å². The molecule has 0 N–H and O–H groups in total. The summed E-state index contributed by atoms with van der Waals surface area (Å²) < 4.78 is 10.0. The second kappa shape index (κ2) is 6.96. The lowest BCUT2D eigenvalue weighted by atomic mass is 10.1. The summed E-state index contributed by atoms with van der Waals surface area (Å²) in [5.41, 5.74) is 3.13. The Morgan fingerprint density at radius 3 is 2.62 bits per heavy atom. The summed E-state index contributed by atoms with van der Waals surface area (Å²) in [5.74, 6) is 0.439. The monoisotopic (exact) mass is 319 g/mol. The second-order valence-electron chi connectivity index (χ2n) is 5.21. The van der Waals surface area contributed by atoms with Crippen molar-refractivity contribution in [2.24, 2.45) is 0 Å². The van der Waals surface area contributed by atoms with Gasteiger partial charge in [-0.1, -0.05) is 30.4 Å². The smallest absolute Gasteiger partial charge is 0.337 e. The molecule has 2 aromatic rings. The summed E-state index contributed by atoms with van der Waals surface area (Å²) in [6, 6.07) is 9.73. The summed E-state index contributed by atoms with van der Waals surface area (Å²) in [6.07, 6.45) is 11.0. The topological polar surface area (TPSA) is 48.4 Å². The van der Waals surface area contributed by atoms with Crippen molar-refractivity contribution in [3.05, 3.63) is 78.1 Å². The van der Waals surface area contributed by atoms with Crippen LogP contribution in [-0.2, 0) is 9.53 Å². The van der Waals surface area contributed by atoms with Crippen molar-refractivity contribution in [3.8, 4) is 5.75 Å². The molecule has 1 aromatic carbocycles. The Morgan fingerprint density at radius 1 is 1.00 bits per heavy atom. The van der Waals surface area contributed by atoms with Crippen LogP contribution in [-0.4, -0.2) is 25.2 Å². The number of hydrogen-bond donors (Lipinski definition) is 0. The van der Waals surface area contributed by atoms with Gasteiger partial charge >= 0.3 is 5.97 Å². The van der Waals surface area contributed by atoms with Crippen LogP contribution in [0.4, 0.5) is 0 Å². The maximum atomic E-state index is 11.7. The molecule has 0 amide bonds. The molecule has 4 heteroatoms. The first-order valence-corrected chi connectivity index (χ1v) is 7.51. The minimum atomic E-state index is -0.365. The number of pyridine rings is 1. The number of nitrogens with zero attached hydrogens (tertiary/aromatic N) is 1. The molecular weight excluding hydrogens is 302 g/mol. The van der Waals surface area contributed by atoms with Crippen molar-refractivity contribution in [1.29, 1.82) is 0 Å². The van der Waals surface area contributed by atoms with E-state index < -0.39 is 0 Å². The number of rotatable bonds is 3. The standard InChI is InChI=1S/C20H17NO3/c1-23-17-10-12-19-16(13-17)9-11-18(21-19)14-5-3-4-6-15(8-7-14)20(22)24-2/h3-13H,1-2H3. The Hall–Kier alpha value is -3.14. The van der Waals surface area contributed by atoms with Crippen LogP contribution in [0, 0.1) is 0 Å². The molecule has 0 unspecified atom stereocenters. The van der Waals surface area contributed by atoms with Gasteiger partial charge < -0.3 is 9.47 Å². The molecule has 1 aromatic heterocycles. The molecule has 0 aliphatic heterocycles. The molecule has 24 heavy (non-hydrogen) atoms. The lowest BCUT2D eigenvalue weighted by Gasteiger charge is -2.07. The first-order chi connectivity index (χ1) is 11.7. The van der Waals surface area contributed by atoms with Crippen LogP contribution in [0.15, 0.2) is 72.4 Å². The predicted octanol–water partition coefficient (Wildman–Crippen LogP) is 3.85. The fourth-order valence-corrected chi connectivity index (χ4v) is 2.43. The molecule has 1 aliphatic rings. The second-order valence-corrected chi connectivity index (χ2v) is 5.21. The number of allylic oxidation sites excluding steroid dienone is 6. The SMILES string of the molecule is COC(=O)C1=CC=CC=C(c2ccc3cc(OC)ccc3n2)C=C1. The van der Waals surface area contributed by atoms with Crippen molar-refractivity contribution < 1.29 is 14.3 Å². The van der Waals surface area contributed by atoms with Gasteiger partial charge in [0.05, 0.1) is 31.0 Å². The zero-order valence-electron chi connectivity index (χ0n) is 13.5. The van der Waals surface area contributed by atoms with E-state index in [2.05, 4.69) is 0 Å². The van der Waals surface area contributed by atoms with Crippen LogP contribution in [0.3, 0.4) is 0 Å². The van der Waals surface area contributed by atoms with Crippen LogP contribution in [0.5, 0.6) is 5.75 Å².